The lowest BCUT2D eigenvalue weighted by atomic mass is 10.0. The van der Waals surface area contributed by atoms with E-state index in [1.54, 1.807) is 0 Å². The van der Waals surface area contributed by atoms with Crippen LogP contribution in [0.5, 0.6) is 0 Å². The Morgan fingerprint density at radius 1 is 1.32 bits per heavy atom. The molecule has 1 amide bonds. The second-order valence-corrected chi connectivity index (χ2v) is 5.86. The first-order valence-electron chi connectivity index (χ1n) is 7.79. The van der Waals surface area contributed by atoms with E-state index in [1.807, 2.05) is 35.2 Å². The monoisotopic (exact) mass is 299 g/mol. The van der Waals surface area contributed by atoms with Crippen molar-refractivity contribution in [3.05, 3.63) is 46.2 Å². The summed E-state index contributed by atoms with van der Waals surface area (Å²) in [7, 11) is 0. The van der Waals surface area contributed by atoms with Crippen molar-refractivity contribution in [3.63, 3.8) is 0 Å². The Bertz CT molecular complexity index is 738. The normalized spacial score (nSPS) is 18.6. The molecular formula is C17H21N3O2. The van der Waals surface area contributed by atoms with Crippen molar-refractivity contribution in [1.82, 2.24) is 9.88 Å². The largest absolute Gasteiger partial charge is 0.338 e. The highest BCUT2D eigenvalue weighted by Crippen LogP contribution is 2.18. The van der Waals surface area contributed by atoms with Gasteiger partial charge in [0.1, 0.15) is 0 Å². The van der Waals surface area contributed by atoms with Crippen LogP contribution in [0.4, 0.5) is 0 Å². The van der Waals surface area contributed by atoms with Crippen molar-refractivity contribution in [3.8, 4) is 0 Å². The smallest absolute Gasteiger partial charge is 0.252 e. The first kappa shape index (κ1) is 14.8. The van der Waals surface area contributed by atoms with Gasteiger partial charge in [-0.15, -0.1) is 0 Å². The van der Waals surface area contributed by atoms with E-state index in [2.05, 4.69) is 4.98 Å². The molecule has 5 nitrogen and oxygen atoms in total. The number of likely N-dealkylation sites (tertiary alicyclic amines) is 1. The van der Waals surface area contributed by atoms with Gasteiger partial charge in [0, 0.05) is 30.2 Å². The fraction of sp³-hybridized carbons (Fsp3) is 0.412. The minimum absolute atomic E-state index is 0.00377. The molecule has 0 bridgehead atoms. The maximum atomic E-state index is 12.5. The van der Waals surface area contributed by atoms with Gasteiger partial charge < -0.3 is 15.6 Å². The number of aromatic amines is 1. The lowest BCUT2D eigenvalue weighted by Gasteiger charge is -2.35. The quantitative estimate of drug-likeness (QED) is 0.899. The molecule has 1 aromatic heterocycles. The minimum Gasteiger partial charge on any atom is -0.338 e. The Hall–Kier alpha value is -2.14. The molecule has 3 rings (SSSR count). The predicted molar refractivity (Wildman–Crippen MR) is 86.7 cm³/mol. The van der Waals surface area contributed by atoms with Gasteiger partial charge in [-0.25, -0.2) is 0 Å². The van der Waals surface area contributed by atoms with Gasteiger partial charge >= 0.3 is 0 Å². The Kier molecular flexibility index (Phi) is 4.24. The summed E-state index contributed by atoms with van der Waals surface area (Å²) in [6, 6.07) is 9.51. The molecule has 1 atom stereocenters. The average molecular weight is 299 g/mol. The molecule has 1 aliphatic rings. The van der Waals surface area contributed by atoms with Crippen LogP contribution >= 0.6 is 0 Å². The zero-order valence-corrected chi connectivity index (χ0v) is 12.5. The Morgan fingerprint density at radius 3 is 2.95 bits per heavy atom. The SMILES string of the molecule is NC[C@H]1CCCCN1C(=O)Cc1cc2ccccc2[nH]c1=O. The molecule has 1 aliphatic heterocycles. The number of para-hydroxylation sites is 1. The number of rotatable bonds is 3. The number of H-pyrrole nitrogens is 1. The molecule has 2 aromatic rings. The van der Waals surface area contributed by atoms with Crippen LogP contribution < -0.4 is 11.3 Å². The second-order valence-electron chi connectivity index (χ2n) is 5.86. The van der Waals surface area contributed by atoms with Crippen molar-refractivity contribution < 1.29 is 4.79 Å². The third-order valence-electron chi connectivity index (χ3n) is 4.39. The van der Waals surface area contributed by atoms with Gasteiger partial charge in [-0.05, 0) is 36.8 Å². The minimum atomic E-state index is -0.187. The first-order chi connectivity index (χ1) is 10.7. The molecule has 1 saturated heterocycles. The van der Waals surface area contributed by atoms with Crippen LogP contribution in [-0.4, -0.2) is 34.9 Å². The van der Waals surface area contributed by atoms with E-state index >= 15 is 0 Å². The van der Waals surface area contributed by atoms with Crippen molar-refractivity contribution in [2.24, 2.45) is 5.73 Å². The molecule has 0 saturated carbocycles. The van der Waals surface area contributed by atoms with Crippen LogP contribution in [0.2, 0.25) is 0 Å². The number of carbonyl (C=O) groups excluding carboxylic acids is 1. The number of fused-ring (bicyclic) bond motifs is 1. The summed E-state index contributed by atoms with van der Waals surface area (Å²) in [5.74, 6) is -0.00377. The summed E-state index contributed by atoms with van der Waals surface area (Å²) in [5.41, 5.74) is 6.89. The average Bonchev–Trinajstić information content (AvgIpc) is 2.55. The number of nitrogens with one attached hydrogen (secondary N) is 1. The van der Waals surface area contributed by atoms with Gasteiger partial charge in [0.15, 0.2) is 0 Å². The number of benzene rings is 1. The molecular weight excluding hydrogens is 278 g/mol. The van der Waals surface area contributed by atoms with Gasteiger partial charge in [0.25, 0.3) is 5.56 Å². The van der Waals surface area contributed by atoms with Crippen LogP contribution in [0, 0.1) is 0 Å². The highest BCUT2D eigenvalue weighted by atomic mass is 16.2. The van der Waals surface area contributed by atoms with Crippen molar-refractivity contribution in [2.75, 3.05) is 13.1 Å². The van der Waals surface area contributed by atoms with Gasteiger partial charge in [0.05, 0.1) is 6.42 Å². The standard InChI is InChI=1S/C17H21N3O2/c18-11-14-6-3-4-8-20(14)16(21)10-13-9-12-5-1-2-7-15(12)19-17(13)22/h1-2,5,7,9,14H,3-4,6,8,10-11,18H2,(H,19,22)/t14-/m1/s1. The molecule has 116 valence electrons. The predicted octanol–water partition coefficient (Wildman–Crippen LogP) is 1.41. The summed E-state index contributed by atoms with van der Waals surface area (Å²) in [6.45, 7) is 1.23. The fourth-order valence-corrected chi connectivity index (χ4v) is 3.16. The van der Waals surface area contributed by atoms with E-state index < -0.39 is 0 Å². The van der Waals surface area contributed by atoms with Crippen molar-refractivity contribution in [2.45, 2.75) is 31.7 Å². The zero-order chi connectivity index (χ0) is 15.5. The molecule has 1 fully saturated rings. The third kappa shape index (κ3) is 2.90. The summed E-state index contributed by atoms with van der Waals surface area (Å²) < 4.78 is 0. The zero-order valence-electron chi connectivity index (χ0n) is 12.5. The number of nitrogens with zero attached hydrogens (tertiary/aromatic N) is 1. The first-order valence-corrected chi connectivity index (χ1v) is 7.79. The topological polar surface area (TPSA) is 79.2 Å². The van der Waals surface area contributed by atoms with Crippen LogP contribution in [-0.2, 0) is 11.2 Å². The van der Waals surface area contributed by atoms with Crippen LogP contribution in [0.25, 0.3) is 10.9 Å². The van der Waals surface area contributed by atoms with E-state index in [4.69, 9.17) is 5.73 Å². The maximum absolute atomic E-state index is 12.5. The maximum Gasteiger partial charge on any atom is 0.252 e. The second kappa shape index (κ2) is 6.32. The van der Waals surface area contributed by atoms with Crippen LogP contribution in [0.1, 0.15) is 24.8 Å². The number of hydrogen-bond acceptors (Lipinski definition) is 3. The Morgan fingerprint density at radius 2 is 2.14 bits per heavy atom. The van der Waals surface area contributed by atoms with E-state index in [-0.39, 0.29) is 23.9 Å². The number of carbonyl (C=O) groups is 1. The number of nitrogens with two attached hydrogens (primary N) is 1. The van der Waals surface area contributed by atoms with E-state index in [9.17, 15) is 9.59 Å². The summed E-state index contributed by atoms with van der Waals surface area (Å²) >= 11 is 0. The van der Waals surface area contributed by atoms with Crippen molar-refractivity contribution >= 4 is 16.8 Å². The highest BCUT2D eigenvalue weighted by molar-refractivity contribution is 5.82. The highest BCUT2D eigenvalue weighted by Gasteiger charge is 2.25. The third-order valence-corrected chi connectivity index (χ3v) is 4.39. The number of aromatic nitrogens is 1. The molecule has 0 radical (unpaired) electrons. The fourth-order valence-electron chi connectivity index (χ4n) is 3.16. The number of hydrogen-bond donors (Lipinski definition) is 2. The van der Waals surface area contributed by atoms with E-state index in [0.717, 1.165) is 36.7 Å². The lowest BCUT2D eigenvalue weighted by molar-refractivity contribution is -0.133. The molecule has 22 heavy (non-hydrogen) atoms. The number of piperidine rings is 1. The molecule has 3 N–H and O–H groups in total. The summed E-state index contributed by atoms with van der Waals surface area (Å²) in [4.78, 5) is 29.4. The number of pyridine rings is 1. The summed E-state index contributed by atoms with van der Waals surface area (Å²) in [6.07, 6.45) is 3.21. The van der Waals surface area contributed by atoms with Gasteiger partial charge in [0.2, 0.25) is 5.91 Å². The lowest BCUT2D eigenvalue weighted by Crippen LogP contribution is -2.48. The molecule has 2 heterocycles. The van der Waals surface area contributed by atoms with Crippen molar-refractivity contribution in [1.29, 1.82) is 0 Å². The van der Waals surface area contributed by atoms with E-state index in [1.165, 1.54) is 0 Å². The molecule has 0 unspecified atom stereocenters. The van der Waals surface area contributed by atoms with Crippen LogP contribution in [0.15, 0.2) is 35.1 Å². The molecule has 0 spiro atoms. The van der Waals surface area contributed by atoms with Gasteiger partial charge in [-0.1, -0.05) is 18.2 Å². The number of amides is 1. The molecule has 5 heteroatoms. The van der Waals surface area contributed by atoms with Gasteiger partial charge in [-0.2, -0.15) is 0 Å². The van der Waals surface area contributed by atoms with Crippen LogP contribution in [0.3, 0.4) is 0 Å². The van der Waals surface area contributed by atoms with E-state index in [0.29, 0.717) is 12.1 Å². The van der Waals surface area contributed by atoms with Gasteiger partial charge in [-0.3, -0.25) is 9.59 Å². The Balaban J connectivity index is 1.84. The Labute approximate surface area is 129 Å². The molecule has 0 aliphatic carbocycles. The molecule has 1 aromatic carbocycles. The summed E-state index contributed by atoms with van der Waals surface area (Å²) in [5, 5.41) is 0.943.